The fraction of sp³-hybridized carbons (Fsp3) is 0.308. The van der Waals surface area contributed by atoms with Crippen molar-refractivity contribution in [3.8, 4) is 5.75 Å². The van der Waals surface area contributed by atoms with Crippen molar-refractivity contribution in [2.24, 2.45) is 0 Å². The van der Waals surface area contributed by atoms with Crippen molar-refractivity contribution in [1.82, 2.24) is 10.3 Å². The molecule has 1 heterocycles. The molecule has 0 bridgehead atoms. The Morgan fingerprint density at radius 3 is 2.83 bits per heavy atom. The van der Waals surface area contributed by atoms with Crippen LogP contribution in [-0.2, 0) is 13.1 Å². The number of methoxy groups -OCH3 is 1. The molecule has 0 saturated carbocycles. The van der Waals surface area contributed by atoms with Crippen LogP contribution >= 0.6 is 11.3 Å². The second-order valence-corrected chi connectivity index (χ2v) is 4.90. The Balaban J connectivity index is 1.88. The van der Waals surface area contributed by atoms with Gasteiger partial charge < -0.3 is 10.1 Å². The molecule has 1 aromatic carbocycles. The number of nitrogens with zero attached hydrogens (tertiary/aromatic N) is 1. The van der Waals surface area contributed by atoms with Crippen LogP contribution in [0.3, 0.4) is 0 Å². The number of rotatable bonds is 5. The summed E-state index contributed by atoms with van der Waals surface area (Å²) < 4.78 is 18.3. The summed E-state index contributed by atoms with van der Waals surface area (Å²) in [7, 11) is 1.46. The third-order valence-electron chi connectivity index (χ3n) is 2.49. The Labute approximate surface area is 110 Å². The van der Waals surface area contributed by atoms with Gasteiger partial charge >= 0.3 is 0 Å². The molecule has 2 aromatic rings. The Hall–Kier alpha value is -1.46. The lowest BCUT2D eigenvalue weighted by Crippen LogP contribution is -2.12. The van der Waals surface area contributed by atoms with Gasteiger partial charge in [0.25, 0.3) is 0 Å². The summed E-state index contributed by atoms with van der Waals surface area (Å²) in [4.78, 5) is 4.35. The Kier molecular flexibility index (Phi) is 4.28. The zero-order valence-corrected chi connectivity index (χ0v) is 11.2. The maximum Gasteiger partial charge on any atom is 0.165 e. The third-order valence-corrected chi connectivity index (χ3v) is 3.45. The van der Waals surface area contributed by atoms with Crippen molar-refractivity contribution in [1.29, 1.82) is 0 Å². The molecule has 0 unspecified atom stereocenters. The van der Waals surface area contributed by atoms with Crippen molar-refractivity contribution in [3.05, 3.63) is 45.7 Å². The highest BCUT2D eigenvalue weighted by Crippen LogP contribution is 2.17. The number of benzene rings is 1. The highest BCUT2D eigenvalue weighted by Gasteiger charge is 2.03. The quantitative estimate of drug-likeness (QED) is 0.903. The zero-order valence-electron chi connectivity index (χ0n) is 10.4. The number of nitrogens with one attached hydrogen (secondary N) is 1. The molecule has 0 spiro atoms. The van der Waals surface area contributed by atoms with E-state index in [0.717, 1.165) is 16.3 Å². The number of aromatic nitrogens is 1. The van der Waals surface area contributed by atoms with Gasteiger partial charge in [0.05, 0.1) is 7.11 Å². The van der Waals surface area contributed by atoms with Gasteiger partial charge in [0.1, 0.15) is 5.01 Å². The summed E-state index contributed by atoms with van der Waals surface area (Å²) in [6.45, 7) is 3.28. The number of halogens is 1. The van der Waals surface area contributed by atoms with Gasteiger partial charge in [0.2, 0.25) is 0 Å². The summed E-state index contributed by atoms with van der Waals surface area (Å²) in [6.07, 6.45) is 0. The first-order chi connectivity index (χ1) is 8.69. The van der Waals surface area contributed by atoms with Crippen LogP contribution in [0.2, 0.25) is 0 Å². The van der Waals surface area contributed by atoms with Gasteiger partial charge in [-0.05, 0) is 24.6 Å². The molecule has 18 heavy (non-hydrogen) atoms. The van der Waals surface area contributed by atoms with E-state index in [1.165, 1.54) is 13.2 Å². The van der Waals surface area contributed by atoms with Crippen molar-refractivity contribution in [2.75, 3.05) is 7.11 Å². The normalized spacial score (nSPS) is 10.6. The molecule has 0 radical (unpaired) electrons. The average molecular weight is 266 g/mol. The minimum atomic E-state index is -0.332. The van der Waals surface area contributed by atoms with Crippen LogP contribution in [-0.4, -0.2) is 12.1 Å². The number of aryl methyl sites for hydroxylation is 1. The molecule has 0 fully saturated rings. The third kappa shape index (κ3) is 3.27. The molecule has 0 amide bonds. The topological polar surface area (TPSA) is 34.1 Å². The highest BCUT2D eigenvalue weighted by molar-refractivity contribution is 7.09. The molecule has 1 N–H and O–H groups in total. The lowest BCUT2D eigenvalue weighted by Gasteiger charge is -2.06. The fourth-order valence-corrected chi connectivity index (χ4v) is 2.36. The highest BCUT2D eigenvalue weighted by atomic mass is 32.1. The lowest BCUT2D eigenvalue weighted by molar-refractivity contribution is 0.386. The lowest BCUT2D eigenvalue weighted by atomic mass is 10.2. The molecular formula is C13H15FN2OS. The maximum absolute atomic E-state index is 13.4. The van der Waals surface area contributed by atoms with Crippen LogP contribution in [0.5, 0.6) is 5.75 Å². The standard InChI is InChI=1S/C13H15FN2OS/c1-9-8-18-13(16-9)7-15-6-10-3-4-12(17-2)11(14)5-10/h3-5,8,15H,6-7H2,1-2H3. The first-order valence-electron chi connectivity index (χ1n) is 5.63. The largest absolute Gasteiger partial charge is 0.494 e. The molecule has 5 heteroatoms. The van der Waals surface area contributed by atoms with E-state index in [1.54, 1.807) is 17.4 Å². The molecule has 0 aliphatic heterocycles. The van der Waals surface area contributed by atoms with Crippen LogP contribution in [0.4, 0.5) is 4.39 Å². The van der Waals surface area contributed by atoms with Gasteiger partial charge in [0.15, 0.2) is 11.6 Å². The van der Waals surface area contributed by atoms with Gasteiger partial charge in [-0.1, -0.05) is 6.07 Å². The first-order valence-corrected chi connectivity index (χ1v) is 6.51. The van der Waals surface area contributed by atoms with Crippen molar-refractivity contribution >= 4 is 11.3 Å². The Morgan fingerprint density at radius 2 is 2.22 bits per heavy atom. The van der Waals surface area contributed by atoms with E-state index in [9.17, 15) is 4.39 Å². The molecule has 1 aromatic heterocycles. The van der Waals surface area contributed by atoms with Crippen molar-refractivity contribution in [2.45, 2.75) is 20.0 Å². The molecule has 3 nitrogen and oxygen atoms in total. The van der Waals surface area contributed by atoms with Gasteiger partial charge in [0, 0.05) is 24.2 Å². The predicted octanol–water partition coefficient (Wildman–Crippen LogP) is 2.89. The predicted molar refractivity (Wildman–Crippen MR) is 70.3 cm³/mol. The number of thiazole rings is 1. The summed E-state index contributed by atoms with van der Waals surface area (Å²) in [5, 5.41) is 6.30. The van der Waals surface area contributed by atoms with Gasteiger partial charge in [-0.3, -0.25) is 0 Å². The van der Waals surface area contributed by atoms with E-state index in [-0.39, 0.29) is 11.6 Å². The van der Waals surface area contributed by atoms with Gasteiger partial charge in [-0.15, -0.1) is 11.3 Å². The maximum atomic E-state index is 13.4. The van der Waals surface area contributed by atoms with E-state index < -0.39 is 0 Å². The Bertz CT molecular complexity index is 527. The molecule has 0 atom stereocenters. The number of ether oxygens (including phenoxy) is 1. The first kappa shape index (κ1) is 13.0. The molecule has 0 saturated heterocycles. The SMILES string of the molecule is COc1ccc(CNCc2nc(C)cs2)cc1F. The summed E-state index contributed by atoms with van der Waals surface area (Å²) in [5.74, 6) is -0.0591. The van der Waals surface area contributed by atoms with Crippen LogP contribution in [0.25, 0.3) is 0 Å². The summed E-state index contributed by atoms with van der Waals surface area (Å²) >= 11 is 1.63. The van der Waals surface area contributed by atoms with E-state index in [4.69, 9.17) is 4.74 Å². The van der Waals surface area contributed by atoms with Crippen molar-refractivity contribution in [3.63, 3.8) is 0 Å². The minimum absolute atomic E-state index is 0.272. The second kappa shape index (κ2) is 5.93. The van der Waals surface area contributed by atoms with Crippen LogP contribution in [0, 0.1) is 12.7 Å². The van der Waals surface area contributed by atoms with Crippen molar-refractivity contribution < 1.29 is 9.13 Å². The molecule has 0 aliphatic carbocycles. The zero-order chi connectivity index (χ0) is 13.0. The van der Waals surface area contributed by atoms with E-state index in [0.29, 0.717) is 13.1 Å². The van der Waals surface area contributed by atoms with Gasteiger partial charge in [-0.25, -0.2) is 9.37 Å². The number of hydrogen-bond donors (Lipinski definition) is 1. The average Bonchev–Trinajstić information content (AvgIpc) is 2.75. The summed E-state index contributed by atoms with van der Waals surface area (Å²) in [6, 6.07) is 4.97. The fourth-order valence-electron chi connectivity index (χ4n) is 1.62. The number of hydrogen-bond acceptors (Lipinski definition) is 4. The minimum Gasteiger partial charge on any atom is -0.494 e. The molecule has 2 rings (SSSR count). The molecular weight excluding hydrogens is 251 g/mol. The van der Waals surface area contributed by atoms with Gasteiger partial charge in [-0.2, -0.15) is 0 Å². The van der Waals surface area contributed by atoms with E-state index in [1.807, 2.05) is 18.4 Å². The van der Waals surface area contributed by atoms with E-state index >= 15 is 0 Å². The van der Waals surface area contributed by atoms with Crippen LogP contribution in [0.1, 0.15) is 16.3 Å². The van der Waals surface area contributed by atoms with Crippen LogP contribution in [0.15, 0.2) is 23.6 Å². The summed E-state index contributed by atoms with van der Waals surface area (Å²) in [5.41, 5.74) is 1.92. The van der Waals surface area contributed by atoms with E-state index in [2.05, 4.69) is 10.3 Å². The molecule has 0 aliphatic rings. The second-order valence-electron chi connectivity index (χ2n) is 3.96. The molecule has 96 valence electrons. The Morgan fingerprint density at radius 1 is 1.39 bits per heavy atom. The van der Waals surface area contributed by atoms with Crippen LogP contribution < -0.4 is 10.1 Å². The monoisotopic (exact) mass is 266 g/mol. The smallest absolute Gasteiger partial charge is 0.165 e.